The molecule has 148 valence electrons. The summed E-state index contributed by atoms with van der Waals surface area (Å²) >= 11 is 5.51. The summed E-state index contributed by atoms with van der Waals surface area (Å²) in [6.07, 6.45) is 1.75. The molecule has 0 amide bonds. The highest BCUT2D eigenvalue weighted by atomic mass is 32.1. The number of para-hydroxylation sites is 1. The molecule has 0 saturated carbocycles. The number of hydrogen-bond donors (Lipinski definition) is 2. The maximum absolute atomic E-state index is 13.8. The summed E-state index contributed by atoms with van der Waals surface area (Å²) in [5.74, 6) is -0.561. The van der Waals surface area contributed by atoms with Crippen molar-refractivity contribution < 1.29 is 13.9 Å². The maximum atomic E-state index is 13.8. The van der Waals surface area contributed by atoms with Gasteiger partial charge in [0, 0.05) is 24.8 Å². The second-order valence-corrected chi connectivity index (χ2v) is 7.00. The van der Waals surface area contributed by atoms with E-state index in [1.807, 2.05) is 18.2 Å². The Balaban J connectivity index is 1.48. The van der Waals surface area contributed by atoms with Crippen LogP contribution in [-0.2, 0) is 4.74 Å². The van der Waals surface area contributed by atoms with Gasteiger partial charge in [-0.25, -0.2) is 9.18 Å². The fourth-order valence-electron chi connectivity index (χ4n) is 3.13. The summed E-state index contributed by atoms with van der Waals surface area (Å²) in [4.78, 5) is 13.8. The van der Waals surface area contributed by atoms with E-state index in [0.29, 0.717) is 23.0 Å². The summed E-state index contributed by atoms with van der Waals surface area (Å²) in [6, 6.07) is 14.0. The molecule has 1 aliphatic heterocycles. The van der Waals surface area contributed by atoms with Gasteiger partial charge in [-0.15, -0.1) is 0 Å². The van der Waals surface area contributed by atoms with Crippen molar-refractivity contribution in [2.45, 2.75) is 25.8 Å². The predicted molar refractivity (Wildman–Crippen MR) is 113 cm³/mol. The Morgan fingerprint density at radius 3 is 2.50 bits per heavy atom. The zero-order valence-electron chi connectivity index (χ0n) is 15.8. The van der Waals surface area contributed by atoms with E-state index in [-0.39, 0.29) is 17.8 Å². The van der Waals surface area contributed by atoms with E-state index in [9.17, 15) is 9.18 Å². The van der Waals surface area contributed by atoms with Crippen LogP contribution in [0.2, 0.25) is 0 Å². The molecule has 1 saturated heterocycles. The third-order valence-corrected chi connectivity index (χ3v) is 5.02. The summed E-state index contributed by atoms with van der Waals surface area (Å²) in [7, 11) is 0. The second kappa shape index (κ2) is 9.50. The molecule has 0 bridgehead atoms. The lowest BCUT2D eigenvalue weighted by Crippen LogP contribution is -2.44. The van der Waals surface area contributed by atoms with Crippen molar-refractivity contribution in [2.24, 2.45) is 0 Å². The van der Waals surface area contributed by atoms with Gasteiger partial charge in [0.15, 0.2) is 5.11 Å². The molecule has 1 aliphatic rings. The van der Waals surface area contributed by atoms with Gasteiger partial charge in [-0.3, -0.25) is 0 Å². The lowest BCUT2D eigenvalue weighted by atomic mass is 10.0. The van der Waals surface area contributed by atoms with E-state index < -0.39 is 0 Å². The van der Waals surface area contributed by atoms with Gasteiger partial charge in [0.2, 0.25) is 0 Å². The number of anilines is 2. The molecule has 0 spiro atoms. The number of hydrogen-bond acceptors (Lipinski definition) is 4. The van der Waals surface area contributed by atoms with Crippen LogP contribution in [0.15, 0.2) is 48.5 Å². The first kappa shape index (κ1) is 20.1. The van der Waals surface area contributed by atoms with Gasteiger partial charge in [-0.2, -0.15) is 0 Å². The van der Waals surface area contributed by atoms with E-state index in [0.717, 1.165) is 31.6 Å². The second-order valence-electron chi connectivity index (χ2n) is 6.61. The third kappa shape index (κ3) is 5.19. The Hall–Kier alpha value is -2.67. The van der Waals surface area contributed by atoms with Crippen molar-refractivity contribution in [1.82, 2.24) is 4.90 Å². The molecule has 0 radical (unpaired) electrons. The van der Waals surface area contributed by atoms with Gasteiger partial charge >= 0.3 is 5.97 Å². The largest absolute Gasteiger partial charge is 0.462 e. The van der Waals surface area contributed by atoms with Crippen molar-refractivity contribution in [3.05, 3.63) is 59.9 Å². The molecule has 2 aromatic rings. The first-order chi connectivity index (χ1) is 13.6. The third-order valence-electron chi connectivity index (χ3n) is 4.66. The van der Waals surface area contributed by atoms with E-state index in [4.69, 9.17) is 17.0 Å². The summed E-state index contributed by atoms with van der Waals surface area (Å²) in [6.45, 7) is 3.71. The number of thiocarbonyl (C=S) groups is 1. The van der Waals surface area contributed by atoms with Crippen LogP contribution in [0.25, 0.3) is 0 Å². The highest BCUT2D eigenvalue weighted by Gasteiger charge is 2.21. The Morgan fingerprint density at radius 2 is 1.86 bits per heavy atom. The maximum Gasteiger partial charge on any atom is 0.338 e. The number of rotatable bonds is 5. The van der Waals surface area contributed by atoms with Gasteiger partial charge in [0.1, 0.15) is 5.82 Å². The molecule has 28 heavy (non-hydrogen) atoms. The van der Waals surface area contributed by atoms with Crippen molar-refractivity contribution in [1.29, 1.82) is 0 Å². The molecular formula is C21H24FN3O2S. The van der Waals surface area contributed by atoms with E-state index in [2.05, 4.69) is 15.5 Å². The van der Waals surface area contributed by atoms with Crippen LogP contribution in [0.5, 0.6) is 0 Å². The van der Waals surface area contributed by atoms with E-state index in [1.54, 1.807) is 31.2 Å². The van der Waals surface area contributed by atoms with Crippen LogP contribution in [0.3, 0.4) is 0 Å². The quantitative estimate of drug-likeness (QED) is 0.576. The minimum atomic E-state index is -0.332. The zero-order valence-corrected chi connectivity index (χ0v) is 16.6. The van der Waals surface area contributed by atoms with Gasteiger partial charge in [-0.05, 0) is 68.4 Å². The number of esters is 1. The Bertz CT molecular complexity index is 821. The average Bonchev–Trinajstić information content (AvgIpc) is 2.71. The fourth-order valence-corrected chi connectivity index (χ4v) is 3.43. The van der Waals surface area contributed by atoms with Gasteiger partial charge < -0.3 is 20.3 Å². The normalized spacial score (nSPS) is 14.4. The number of nitrogens with one attached hydrogen (secondary N) is 2. The molecule has 2 aromatic carbocycles. The fraction of sp³-hybridized carbons (Fsp3) is 0.333. The van der Waals surface area contributed by atoms with Crippen LogP contribution in [0.1, 0.15) is 30.1 Å². The molecular weight excluding hydrogens is 377 g/mol. The summed E-state index contributed by atoms with van der Waals surface area (Å²) in [5.41, 5.74) is 1.88. The van der Waals surface area contributed by atoms with Gasteiger partial charge in [0.05, 0.1) is 17.9 Å². The first-order valence-electron chi connectivity index (χ1n) is 9.41. The standard InChI is InChI=1S/C21H24FN3O2S/c1-2-27-20(26)15-7-9-16(10-8-15)24-21(28)25-13-11-17(12-14-25)23-19-6-4-3-5-18(19)22/h3-10,17,23H,2,11-14H2,1H3,(H,24,28). The predicted octanol–water partition coefficient (Wildman–Crippen LogP) is 4.28. The van der Waals surface area contributed by atoms with Crippen LogP contribution in [-0.4, -0.2) is 41.7 Å². The minimum Gasteiger partial charge on any atom is -0.462 e. The van der Waals surface area contributed by atoms with Crippen LogP contribution >= 0.6 is 12.2 Å². The molecule has 0 unspecified atom stereocenters. The van der Waals surface area contributed by atoms with E-state index >= 15 is 0 Å². The zero-order chi connectivity index (χ0) is 19.9. The van der Waals surface area contributed by atoms with Crippen molar-refractivity contribution in [2.75, 3.05) is 30.3 Å². The van der Waals surface area contributed by atoms with Crippen molar-refractivity contribution in [3.63, 3.8) is 0 Å². The number of benzene rings is 2. The molecule has 7 heteroatoms. The van der Waals surface area contributed by atoms with Crippen LogP contribution in [0, 0.1) is 5.82 Å². The topological polar surface area (TPSA) is 53.6 Å². The number of carbonyl (C=O) groups is 1. The Labute approximate surface area is 169 Å². The first-order valence-corrected chi connectivity index (χ1v) is 9.82. The number of likely N-dealkylation sites (tertiary alicyclic amines) is 1. The number of halogens is 1. The van der Waals surface area contributed by atoms with E-state index in [1.165, 1.54) is 6.07 Å². The van der Waals surface area contributed by atoms with Crippen LogP contribution in [0.4, 0.5) is 15.8 Å². The summed E-state index contributed by atoms with van der Waals surface area (Å²) < 4.78 is 18.8. The molecule has 0 aromatic heterocycles. The smallest absolute Gasteiger partial charge is 0.338 e. The van der Waals surface area contributed by atoms with Gasteiger partial charge in [0.25, 0.3) is 0 Å². The molecule has 1 fully saturated rings. The molecule has 2 N–H and O–H groups in total. The SMILES string of the molecule is CCOC(=O)c1ccc(NC(=S)N2CCC(Nc3ccccc3F)CC2)cc1. The number of nitrogens with zero attached hydrogens (tertiary/aromatic N) is 1. The number of carbonyl (C=O) groups excluding carboxylic acids is 1. The minimum absolute atomic E-state index is 0.222. The van der Waals surface area contributed by atoms with Crippen molar-refractivity contribution >= 4 is 34.7 Å². The highest BCUT2D eigenvalue weighted by molar-refractivity contribution is 7.80. The lowest BCUT2D eigenvalue weighted by Gasteiger charge is -2.34. The number of ether oxygens (including phenoxy) is 1. The van der Waals surface area contributed by atoms with Crippen molar-refractivity contribution in [3.8, 4) is 0 Å². The molecule has 3 rings (SSSR count). The molecule has 1 heterocycles. The molecule has 0 aliphatic carbocycles. The highest BCUT2D eigenvalue weighted by Crippen LogP contribution is 2.20. The lowest BCUT2D eigenvalue weighted by molar-refractivity contribution is 0.0526. The Morgan fingerprint density at radius 1 is 1.18 bits per heavy atom. The molecule has 0 atom stereocenters. The monoisotopic (exact) mass is 401 g/mol. The number of piperidine rings is 1. The molecule has 5 nitrogen and oxygen atoms in total. The average molecular weight is 402 g/mol. The van der Waals surface area contributed by atoms with Gasteiger partial charge in [-0.1, -0.05) is 12.1 Å². The Kier molecular flexibility index (Phi) is 6.81. The summed E-state index contributed by atoms with van der Waals surface area (Å²) in [5, 5.41) is 7.13. The van der Waals surface area contributed by atoms with Crippen LogP contribution < -0.4 is 10.6 Å².